The molecule has 0 spiro atoms. The highest BCUT2D eigenvalue weighted by atomic mass is 16.1. The average molecular weight is 254 g/mol. The van der Waals surface area contributed by atoms with Gasteiger partial charge in [0.05, 0.1) is 6.42 Å². The molecule has 1 fully saturated rings. The number of allylic oxidation sites excluding steroid dienone is 1. The molecule has 2 heteroatoms. The molecular formula is C17H18O2. The van der Waals surface area contributed by atoms with Crippen LogP contribution in [0.5, 0.6) is 0 Å². The average Bonchev–Trinajstić information content (AvgIpc) is 2.82. The highest BCUT2D eigenvalue weighted by Gasteiger charge is 2.23. The Labute approximate surface area is 113 Å². The van der Waals surface area contributed by atoms with Gasteiger partial charge in [0.1, 0.15) is 11.6 Å². The predicted octanol–water partition coefficient (Wildman–Crippen LogP) is 3.13. The molecule has 0 heterocycles. The van der Waals surface area contributed by atoms with E-state index in [1.54, 1.807) is 0 Å². The van der Waals surface area contributed by atoms with Crippen molar-refractivity contribution in [2.45, 2.75) is 38.5 Å². The quantitative estimate of drug-likeness (QED) is 0.760. The smallest absolute Gasteiger partial charge is 0.140 e. The standard InChI is InChI=1S/C17H18O2/c18-16-9-13(10-17(19)11-16)5-4-12-6-7-14-2-1-3-15(14)8-12/h4-8,13H,1-3,9-11H2/b5-4+. The third-order valence-electron chi connectivity index (χ3n) is 4.06. The van der Waals surface area contributed by atoms with E-state index in [1.165, 1.54) is 36.0 Å². The molecule has 1 aromatic carbocycles. The van der Waals surface area contributed by atoms with Gasteiger partial charge in [0.25, 0.3) is 0 Å². The summed E-state index contributed by atoms with van der Waals surface area (Å²) in [4.78, 5) is 22.8. The molecule has 0 aliphatic heterocycles. The van der Waals surface area contributed by atoms with E-state index in [0.717, 1.165) is 0 Å². The van der Waals surface area contributed by atoms with Crippen molar-refractivity contribution in [2.24, 2.45) is 5.92 Å². The second-order valence-corrected chi connectivity index (χ2v) is 5.66. The molecule has 0 radical (unpaired) electrons. The zero-order valence-corrected chi connectivity index (χ0v) is 11.0. The Morgan fingerprint density at radius 1 is 1.00 bits per heavy atom. The van der Waals surface area contributed by atoms with Gasteiger partial charge >= 0.3 is 0 Å². The molecule has 0 bridgehead atoms. The number of fused-ring (bicyclic) bond motifs is 1. The Hall–Kier alpha value is -1.70. The zero-order valence-electron chi connectivity index (χ0n) is 11.0. The summed E-state index contributed by atoms with van der Waals surface area (Å²) in [5.74, 6) is 0.265. The van der Waals surface area contributed by atoms with Gasteiger partial charge < -0.3 is 0 Å². The van der Waals surface area contributed by atoms with Crippen molar-refractivity contribution in [1.82, 2.24) is 0 Å². The van der Waals surface area contributed by atoms with Crippen LogP contribution in [0, 0.1) is 5.92 Å². The third-order valence-corrected chi connectivity index (χ3v) is 4.06. The van der Waals surface area contributed by atoms with E-state index in [1.807, 2.05) is 6.08 Å². The molecule has 0 atom stereocenters. The molecule has 0 amide bonds. The first-order valence-corrected chi connectivity index (χ1v) is 7.04. The van der Waals surface area contributed by atoms with Gasteiger partial charge in [0.2, 0.25) is 0 Å². The topological polar surface area (TPSA) is 34.1 Å². The second kappa shape index (κ2) is 5.12. The van der Waals surface area contributed by atoms with E-state index < -0.39 is 0 Å². The summed E-state index contributed by atoms with van der Waals surface area (Å²) >= 11 is 0. The van der Waals surface area contributed by atoms with E-state index in [9.17, 15) is 9.59 Å². The SMILES string of the molecule is O=C1CC(=O)CC(/C=C/c2ccc3c(c2)CCC3)C1. The van der Waals surface area contributed by atoms with Crippen LogP contribution in [0.2, 0.25) is 0 Å². The summed E-state index contributed by atoms with van der Waals surface area (Å²) < 4.78 is 0. The number of hydrogen-bond donors (Lipinski definition) is 0. The summed E-state index contributed by atoms with van der Waals surface area (Å²) in [5.41, 5.74) is 4.12. The molecule has 0 saturated heterocycles. The number of aryl methyl sites for hydroxylation is 2. The third kappa shape index (κ3) is 2.83. The Balaban J connectivity index is 1.72. The fourth-order valence-electron chi connectivity index (χ4n) is 3.10. The van der Waals surface area contributed by atoms with Gasteiger partial charge in [0, 0.05) is 12.8 Å². The highest BCUT2D eigenvalue weighted by Crippen LogP contribution is 2.25. The molecule has 0 N–H and O–H groups in total. The molecule has 2 nitrogen and oxygen atoms in total. The van der Waals surface area contributed by atoms with Crippen molar-refractivity contribution >= 4 is 17.6 Å². The number of hydrogen-bond acceptors (Lipinski definition) is 2. The largest absolute Gasteiger partial charge is 0.299 e. The molecule has 19 heavy (non-hydrogen) atoms. The van der Waals surface area contributed by atoms with Crippen LogP contribution in [-0.2, 0) is 22.4 Å². The van der Waals surface area contributed by atoms with Gasteiger partial charge in [0.15, 0.2) is 0 Å². The highest BCUT2D eigenvalue weighted by molar-refractivity contribution is 6.01. The van der Waals surface area contributed by atoms with E-state index in [0.29, 0.717) is 12.8 Å². The van der Waals surface area contributed by atoms with E-state index in [2.05, 4.69) is 24.3 Å². The molecule has 0 aromatic heterocycles. The van der Waals surface area contributed by atoms with Crippen molar-refractivity contribution in [1.29, 1.82) is 0 Å². The number of carbonyl (C=O) groups excluding carboxylic acids is 2. The summed E-state index contributed by atoms with van der Waals surface area (Å²) in [6, 6.07) is 6.58. The van der Waals surface area contributed by atoms with Crippen LogP contribution in [-0.4, -0.2) is 11.6 Å². The molecule has 98 valence electrons. The minimum atomic E-state index is 0.0832. The number of rotatable bonds is 2. The molecule has 1 saturated carbocycles. The summed E-state index contributed by atoms with van der Waals surface area (Å²) in [6.07, 6.45) is 8.92. The first-order chi connectivity index (χ1) is 9.20. The van der Waals surface area contributed by atoms with Gasteiger partial charge in [-0.15, -0.1) is 0 Å². The lowest BCUT2D eigenvalue weighted by atomic mass is 9.87. The Morgan fingerprint density at radius 2 is 1.74 bits per heavy atom. The van der Waals surface area contributed by atoms with E-state index >= 15 is 0 Å². The molecule has 2 aliphatic carbocycles. The fraction of sp³-hybridized carbons (Fsp3) is 0.412. The summed E-state index contributed by atoms with van der Waals surface area (Å²) in [6.45, 7) is 0. The first kappa shape index (κ1) is 12.3. The van der Waals surface area contributed by atoms with Crippen LogP contribution >= 0.6 is 0 Å². The predicted molar refractivity (Wildman–Crippen MR) is 74.9 cm³/mol. The Bertz CT molecular complexity index is 538. The number of ketones is 2. The van der Waals surface area contributed by atoms with Crippen molar-refractivity contribution in [2.75, 3.05) is 0 Å². The minimum Gasteiger partial charge on any atom is -0.299 e. The van der Waals surface area contributed by atoms with Crippen LogP contribution < -0.4 is 0 Å². The van der Waals surface area contributed by atoms with Crippen LogP contribution in [0.4, 0.5) is 0 Å². The summed E-state index contributed by atoms with van der Waals surface area (Å²) in [7, 11) is 0. The number of benzene rings is 1. The Morgan fingerprint density at radius 3 is 2.53 bits per heavy atom. The number of carbonyl (C=O) groups is 2. The van der Waals surface area contributed by atoms with Crippen LogP contribution in [0.15, 0.2) is 24.3 Å². The molecule has 1 aromatic rings. The van der Waals surface area contributed by atoms with E-state index in [4.69, 9.17) is 0 Å². The van der Waals surface area contributed by atoms with Crippen molar-refractivity contribution in [3.63, 3.8) is 0 Å². The van der Waals surface area contributed by atoms with Crippen molar-refractivity contribution in [3.8, 4) is 0 Å². The minimum absolute atomic E-state index is 0.0832. The number of Topliss-reactive ketones (excluding diaryl/α,β-unsaturated/α-hetero) is 2. The van der Waals surface area contributed by atoms with Gasteiger partial charge in [-0.2, -0.15) is 0 Å². The van der Waals surface area contributed by atoms with Crippen LogP contribution in [0.1, 0.15) is 42.4 Å². The van der Waals surface area contributed by atoms with Crippen molar-refractivity contribution < 1.29 is 9.59 Å². The van der Waals surface area contributed by atoms with Gasteiger partial charge in [-0.05, 0) is 41.9 Å². The lowest BCUT2D eigenvalue weighted by molar-refractivity contribution is -0.130. The van der Waals surface area contributed by atoms with Crippen molar-refractivity contribution in [3.05, 3.63) is 41.0 Å². The maximum atomic E-state index is 11.4. The molecular weight excluding hydrogens is 236 g/mol. The van der Waals surface area contributed by atoms with Crippen LogP contribution in [0.3, 0.4) is 0 Å². The van der Waals surface area contributed by atoms with Gasteiger partial charge in [-0.25, -0.2) is 0 Å². The maximum absolute atomic E-state index is 11.4. The first-order valence-electron chi connectivity index (χ1n) is 7.04. The molecule has 2 aliphatic rings. The Kier molecular flexibility index (Phi) is 3.33. The van der Waals surface area contributed by atoms with Gasteiger partial charge in [-0.1, -0.05) is 30.4 Å². The monoisotopic (exact) mass is 254 g/mol. The van der Waals surface area contributed by atoms with E-state index in [-0.39, 0.29) is 23.9 Å². The van der Waals surface area contributed by atoms with Crippen LogP contribution in [0.25, 0.3) is 6.08 Å². The maximum Gasteiger partial charge on any atom is 0.140 e. The molecule has 3 rings (SSSR count). The lowest BCUT2D eigenvalue weighted by Crippen LogP contribution is -2.21. The zero-order chi connectivity index (χ0) is 13.2. The normalized spacial score (nSPS) is 20.2. The second-order valence-electron chi connectivity index (χ2n) is 5.66. The van der Waals surface area contributed by atoms with Gasteiger partial charge in [-0.3, -0.25) is 9.59 Å². The fourth-order valence-corrected chi connectivity index (χ4v) is 3.10. The molecule has 0 unspecified atom stereocenters. The lowest BCUT2D eigenvalue weighted by Gasteiger charge is -2.16. The summed E-state index contributed by atoms with van der Waals surface area (Å²) in [5, 5.41) is 0.